The third kappa shape index (κ3) is 5.38. The van der Waals surface area contributed by atoms with Crippen LogP contribution in [0.15, 0.2) is 0 Å². The first-order chi connectivity index (χ1) is 8.22. The van der Waals surface area contributed by atoms with Crippen LogP contribution in [-0.4, -0.2) is 52.0 Å². The van der Waals surface area contributed by atoms with E-state index in [1.165, 1.54) is 16.7 Å². The number of aliphatic carboxylic acids is 1. The van der Waals surface area contributed by atoms with Gasteiger partial charge in [-0.15, -0.1) is 11.8 Å². The van der Waals surface area contributed by atoms with E-state index >= 15 is 0 Å². The van der Waals surface area contributed by atoms with Crippen LogP contribution in [0.4, 0.5) is 0 Å². The van der Waals surface area contributed by atoms with Gasteiger partial charge in [0.2, 0.25) is 5.91 Å². The maximum absolute atomic E-state index is 11.7. The summed E-state index contributed by atoms with van der Waals surface area (Å²) in [4.78, 5) is 23.9. The number of nitriles is 1. The van der Waals surface area contributed by atoms with Gasteiger partial charge in [-0.1, -0.05) is 0 Å². The van der Waals surface area contributed by atoms with Gasteiger partial charge < -0.3 is 15.7 Å². The Hall–Kier alpha value is -1.26. The van der Waals surface area contributed by atoms with Gasteiger partial charge in [-0.3, -0.25) is 9.59 Å². The molecule has 0 aromatic carbocycles. The Kier molecular flexibility index (Phi) is 6.73. The summed E-state index contributed by atoms with van der Waals surface area (Å²) in [5, 5.41) is 17.3. The van der Waals surface area contributed by atoms with Crippen LogP contribution in [0, 0.1) is 11.3 Å². The van der Waals surface area contributed by atoms with Gasteiger partial charge in [-0.2, -0.15) is 5.26 Å². The highest BCUT2D eigenvalue weighted by molar-refractivity contribution is 8.01. The van der Waals surface area contributed by atoms with Crippen molar-refractivity contribution in [1.82, 2.24) is 4.90 Å². The van der Waals surface area contributed by atoms with Gasteiger partial charge in [0.05, 0.1) is 18.2 Å². The Morgan fingerprint density at radius 2 is 2.11 bits per heavy atom. The lowest BCUT2D eigenvalue weighted by Crippen LogP contribution is -2.47. The minimum atomic E-state index is -1.09. The van der Waals surface area contributed by atoms with Crippen molar-refractivity contribution in [2.24, 2.45) is 5.73 Å². The number of nitrogens with two attached hydrogens (primary N) is 1. The smallest absolute Gasteiger partial charge is 0.321 e. The van der Waals surface area contributed by atoms with Crippen LogP contribution in [0.1, 0.15) is 20.3 Å². The maximum Gasteiger partial charge on any atom is 0.321 e. The molecule has 0 aliphatic heterocycles. The van der Waals surface area contributed by atoms with Crippen LogP contribution in [0.2, 0.25) is 0 Å². The quantitative estimate of drug-likeness (QED) is 0.690. The number of hydrogen-bond acceptors (Lipinski definition) is 5. The molecule has 0 unspecified atom stereocenters. The van der Waals surface area contributed by atoms with Crippen LogP contribution in [-0.2, 0) is 9.59 Å². The van der Waals surface area contributed by atoms with Crippen molar-refractivity contribution >= 4 is 23.6 Å². The van der Waals surface area contributed by atoms with E-state index in [4.69, 9.17) is 16.1 Å². The number of hydrogen-bond donors (Lipinski definition) is 2. The highest BCUT2D eigenvalue weighted by atomic mass is 32.2. The van der Waals surface area contributed by atoms with Gasteiger partial charge in [0.15, 0.2) is 0 Å². The molecule has 0 rings (SSSR count). The number of carboxylic acids is 1. The number of amides is 1. The molecule has 7 heteroatoms. The molecular formula is C11H19N3O3S. The van der Waals surface area contributed by atoms with Crippen LogP contribution in [0.3, 0.4) is 0 Å². The van der Waals surface area contributed by atoms with Crippen LogP contribution >= 0.6 is 11.8 Å². The minimum Gasteiger partial charge on any atom is -0.480 e. The van der Waals surface area contributed by atoms with E-state index in [1.54, 1.807) is 20.9 Å². The molecule has 0 saturated heterocycles. The summed E-state index contributed by atoms with van der Waals surface area (Å²) < 4.78 is -0.725. The van der Waals surface area contributed by atoms with Gasteiger partial charge in [0.1, 0.15) is 6.04 Å². The number of carbonyl (C=O) groups is 2. The maximum atomic E-state index is 11.7. The second kappa shape index (κ2) is 7.24. The van der Waals surface area contributed by atoms with Crippen molar-refractivity contribution in [2.75, 3.05) is 19.3 Å². The Labute approximate surface area is 111 Å². The van der Waals surface area contributed by atoms with Gasteiger partial charge in [-0.25, -0.2) is 0 Å². The molecule has 1 amide bonds. The zero-order chi connectivity index (χ0) is 14.3. The van der Waals surface area contributed by atoms with E-state index < -0.39 is 16.8 Å². The Morgan fingerprint density at radius 1 is 1.56 bits per heavy atom. The Morgan fingerprint density at radius 3 is 2.56 bits per heavy atom. The number of thioether (sulfide) groups is 1. The van der Waals surface area contributed by atoms with Crippen molar-refractivity contribution < 1.29 is 14.7 Å². The molecular weight excluding hydrogens is 254 g/mol. The van der Waals surface area contributed by atoms with E-state index in [0.29, 0.717) is 6.54 Å². The van der Waals surface area contributed by atoms with E-state index in [2.05, 4.69) is 0 Å². The predicted octanol–water partition coefficient (Wildman–Crippen LogP) is 0.282. The lowest BCUT2D eigenvalue weighted by molar-refractivity contribution is -0.139. The van der Waals surface area contributed by atoms with E-state index in [0.717, 1.165) is 0 Å². The average Bonchev–Trinajstić information content (AvgIpc) is 2.31. The SMILES string of the molecule is CN(CCC#N)C(=O)CSC(C)(C)[C@@H](N)C(=O)O. The van der Waals surface area contributed by atoms with E-state index in [9.17, 15) is 9.59 Å². The number of carboxylic acid groups (broad SMARTS) is 1. The highest BCUT2D eigenvalue weighted by Crippen LogP contribution is 2.27. The molecule has 6 nitrogen and oxygen atoms in total. The van der Waals surface area contributed by atoms with Crippen molar-refractivity contribution in [3.8, 4) is 6.07 Å². The average molecular weight is 273 g/mol. The first kappa shape index (κ1) is 16.7. The molecule has 0 radical (unpaired) electrons. The molecule has 0 spiro atoms. The first-order valence-electron chi connectivity index (χ1n) is 5.45. The van der Waals surface area contributed by atoms with E-state index in [-0.39, 0.29) is 18.1 Å². The molecule has 102 valence electrons. The lowest BCUT2D eigenvalue weighted by atomic mass is 10.1. The van der Waals surface area contributed by atoms with Crippen LogP contribution in [0.5, 0.6) is 0 Å². The normalized spacial score (nSPS) is 12.6. The molecule has 1 atom stereocenters. The second-order valence-electron chi connectivity index (χ2n) is 4.43. The predicted molar refractivity (Wildman–Crippen MR) is 70.0 cm³/mol. The zero-order valence-electron chi connectivity index (χ0n) is 10.8. The van der Waals surface area contributed by atoms with Gasteiger partial charge in [-0.05, 0) is 13.8 Å². The van der Waals surface area contributed by atoms with Gasteiger partial charge >= 0.3 is 5.97 Å². The van der Waals surface area contributed by atoms with Crippen molar-refractivity contribution in [3.05, 3.63) is 0 Å². The Bertz CT molecular complexity index is 352. The summed E-state index contributed by atoms with van der Waals surface area (Å²) >= 11 is 1.21. The molecule has 0 saturated carbocycles. The van der Waals surface area contributed by atoms with Crippen molar-refractivity contribution in [3.63, 3.8) is 0 Å². The summed E-state index contributed by atoms with van der Waals surface area (Å²) in [6.07, 6.45) is 0.283. The molecule has 0 aromatic rings. The minimum absolute atomic E-state index is 0.138. The second-order valence-corrected chi connectivity index (χ2v) is 6.06. The fraction of sp³-hybridized carbons (Fsp3) is 0.727. The molecule has 0 aromatic heterocycles. The first-order valence-corrected chi connectivity index (χ1v) is 6.44. The fourth-order valence-corrected chi connectivity index (χ4v) is 2.08. The van der Waals surface area contributed by atoms with Crippen molar-refractivity contribution in [2.45, 2.75) is 31.1 Å². The Balaban J connectivity index is 4.27. The third-order valence-corrected chi connectivity index (χ3v) is 3.96. The summed E-state index contributed by atoms with van der Waals surface area (Å²) in [6.45, 7) is 3.76. The molecule has 0 heterocycles. The standard InChI is InChI=1S/C11H19N3O3S/c1-11(2,9(13)10(16)17)18-7-8(15)14(3)6-4-5-12/h9H,4,6-7,13H2,1-3H3,(H,16,17)/t9-/m0/s1. The van der Waals surface area contributed by atoms with Crippen molar-refractivity contribution in [1.29, 1.82) is 5.26 Å². The summed E-state index contributed by atoms with van der Waals surface area (Å²) in [6, 6.07) is 0.933. The zero-order valence-corrected chi connectivity index (χ0v) is 11.7. The fourth-order valence-electron chi connectivity index (χ4n) is 1.09. The molecule has 18 heavy (non-hydrogen) atoms. The summed E-state index contributed by atoms with van der Waals surface area (Å²) in [5.41, 5.74) is 5.55. The molecule has 0 bridgehead atoms. The highest BCUT2D eigenvalue weighted by Gasteiger charge is 2.33. The molecule has 0 aliphatic carbocycles. The monoisotopic (exact) mass is 273 g/mol. The van der Waals surface area contributed by atoms with Gasteiger partial charge in [0, 0.05) is 18.3 Å². The lowest BCUT2D eigenvalue weighted by Gasteiger charge is -2.28. The number of carbonyl (C=O) groups excluding carboxylic acids is 1. The van der Waals surface area contributed by atoms with Gasteiger partial charge in [0.25, 0.3) is 0 Å². The molecule has 3 N–H and O–H groups in total. The van der Waals surface area contributed by atoms with Crippen LogP contribution in [0.25, 0.3) is 0 Å². The third-order valence-electron chi connectivity index (χ3n) is 2.57. The topological polar surface area (TPSA) is 107 Å². The number of nitrogens with zero attached hydrogens (tertiary/aromatic N) is 2. The molecule has 0 fully saturated rings. The van der Waals surface area contributed by atoms with E-state index in [1.807, 2.05) is 6.07 Å². The largest absolute Gasteiger partial charge is 0.480 e. The molecule has 0 aliphatic rings. The summed E-state index contributed by atoms with van der Waals surface area (Å²) in [7, 11) is 1.62. The van der Waals surface area contributed by atoms with Crippen LogP contribution < -0.4 is 5.73 Å². The summed E-state index contributed by atoms with van der Waals surface area (Å²) in [5.74, 6) is -1.07. The number of rotatable bonds is 7.